The summed E-state index contributed by atoms with van der Waals surface area (Å²) >= 11 is 0. The lowest BCUT2D eigenvalue weighted by Gasteiger charge is -2.26. The van der Waals surface area contributed by atoms with E-state index >= 15 is 4.39 Å². The second kappa shape index (κ2) is 19.0. The molecule has 2 N–H and O–H groups in total. The molecule has 0 unspecified atom stereocenters. The average Bonchev–Trinajstić information content (AvgIpc) is 3.12. The van der Waals surface area contributed by atoms with Crippen molar-refractivity contribution >= 4 is 29.5 Å². The highest BCUT2D eigenvalue weighted by molar-refractivity contribution is 5.88. The molecular weight excluding hydrogens is 659 g/mol. The van der Waals surface area contributed by atoms with Crippen molar-refractivity contribution < 1.29 is 23.5 Å². The largest absolute Gasteiger partial charge is 0.490 e. The van der Waals surface area contributed by atoms with Gasteiger partial charge in [-0.1, -0.05) is 61.7 Å². The lowest BCUT2D eigenvalue weighted by atomic mass is 10.1. The number of likely N-dealkylation sites (tertiary alicyclic amines) is 1. The van der Waals surface area contributed by atoms with E-state index in [-0.39, 0.29) is 36.4 Å². The van der Waals surface area contributed by atoms with E-state index in [1.165, 1.54) is 36.4 Å². The topological polar surface area (TPSA) is 109 Å². The van der Waals surface area contributed by atoms with E-state index in [1.807, 2.05) is 57.2 Å². The fourth-order valence-corrected chi connectivity index (χ4v) is 6.42. The quantitative estimate of drug-likeness (QED) is 0.112. The standard InChI is InChI=1S/C41H51FN6O4/c1-5-6-17-43-38(49)26-32-12-10-13-33(25-32)28-48(41(50)52-39-30(3)23-29(2)24-31(39)4)37-16-18-44-40(46-37)45-34-14-15-36(35(42)27-34)51-22-11-21-47-19-8-7-9-20-47/h10,12-16,18,23-25,27H,5-9,11,17,19-22,26,28H2,1-4H3,(H,43,49)(H,44,45,46). The average molecular weight is 711 g/mol. The summed E-state index contributed by atoms with van der Waals surface area (Å²) in [5, 5.41) is 6.01. The van der Waals surface area contributed by atoms with Crippen molar-refractivity contribution in [2.75, 3.05) is 43.0 Å². The van der Waals surface area contributed by atoms with Gasteiger partial charge in [-0.2, -0.15) is 4.98 Å². The van der Waals surface area contributed by atoms with Gasteiger partial charge in [0.1, 0.15) is 11.6 Å². The molecule has 0 radical (unpaired) electrons. The third kappa shape index (κ3) is 11.2. The summed E-state index contributed by atoms with van der Waals surface area (Å²) in [5.74, 6) is 0.575. The van der Waals surface area contributed by atoms with E-state index in [2.05, 4.69) is 32.4 Å². The highest BCUT2D eigenvalue weighted by atomic mass is 19.1. The number of halogens is 1. The van der Waals surface area contributed by atoms with Crippen LogP contribution in [0.25, 0.3) is 0 Å². The molecule has 3 aromatic carbocycles. The van der Waals surface area contributed by atoms with E-state index in [0.717, 1.165) is 66.7 Å². The predicted molar refractivity (Wildman–Crippen MR) is 203 cm³/mol. The van der Waals surface area contributed by atoms with Gasteiger partial charge in [0.05, 0.1) is 19.6 Å². The zero-order valence-electron chi connectivity index (χ0n) is 30.8. The molecule has 276 valence electrons. The number of unbranched alkanes of at least 4 members (excludes halogenated alkanes) is 1. The molecule has 1 aromatic heterocycles. The Labute approximate surface area is 306 Å². The molecule has 0 atom stereocenters. The van der Waals surface area contributed by atoms with Crippen molar-refractivity contribution in [1.82, 2.24) is 20.2 Å². The molecule has 5 rings (SSSR count). The first kappa shape index (κ1) is 38.2. The Kier molecular flexibility index (Phi) is 14.0. The molecule has 1 saturated heterocycles. The number of nitrogens with zero attached hydrogens (tertiary/aromatic N) is 4. The number of nitrogens with one attached hydrogen (secondary N) is 2. The number of amides is 2. The van der Waals surface area contributed by atoms with Crippen LogP contribution < -0.4 is 25.0 Å². The summed E-state index contributed by atoms with van der Waals surface area (Å²) in [7, 11) is 0. The Morgan fingerprint density at radius 2 is 1.71 bits per heavy atom. The maximum Gasteiger partial charge on any atom is 0.421 e. The molecule has 0 saturated carbocycles. The van der Waals surface area contributed by atoms with Gasteiger partial charge in [0.15, 0.2) is 11.6 Å². The Hall–Kier alpha value is -5.03. The fraction of sp³-hybridized carbons (Fsp3) is 0.415. The first-order chi connectivity index (χ1) is 25.2. The van der Waals surface area contributed by atoms with Gasteiger partial charge in [-0.15, -0.1) is 0 Å². The molecule has 0 spiro atoms. The van der Waals surface area contributed by atoms with Crippen LogP contribution in [0.15, 0.2) is 66.9 Å². The maximum atomic E-state index is 15.1. The molecular formula is C41H51FN6O4. The smallest absolute Gasteiger partial charge is 0.421 e. The predicted octanol–water partition coefficient (Wildman–Crippen LogP) is 8.20. The molecule has 4 aromatic rings. The second-order valence-corrected chi connectivity index (χ2v) is 13.5. The molecule has 52 heavy (non-hydrogen) atoms. The summed E-state index contributed by atoms with van der Waals surface area (Å²) in [5.41, 5.74) is 4.78. The summed E-state index contributed by atoms with van der Waals surface area (Å²) in [6.07, 6.45) is 7.65. The zero-order chi connectivity index (χ0) is 36.9. The number of aryl methyl sites for hydroxylation is 3. The number of aromatic nitrogens is 2. The monoisotopic (exact) mass is 710 g/mol. The van der Waals surface area contributed by atoms with Crippen LogP contribution in [-0.2, 0) is 17.8 Å². The van der Waals surface area contributed by atoms with E-state index in [9.17, 15) is 9.59 Å². The van der Waals surface area contributed by atoms with Gasteiger partial charge in [0.2, 0.25) is 11.9 Å². The molecule has 11 heteroatoms. The molecule has 2 amide bonds. The number of carbonyl (C=O) groups excluding carboxylic acids is 2. The van der Waals surface area contributed by atoms with Crippen LogP contribution in [0.5, 0.6) is 11.5 Å². The van der Waals surface area contributed by atoms with E-state index in [4.69, 9.17) is 9.47 Å². The van der Waals surface area contributed by atoms with Crippen LogP contribution in [-0.4, -0.2) is 59.7 Å². The highest BCUT2D eigenvalue weighted by Crippen LogP contribution is 2.28. The van der Waals surface area contributed by atoms with Crippen LogP contribution in [0.2, 0.25) is 0 Å². The molecule has 1 aliphatic rings. The Balaban J connectivity index is 1.31. The molecule has 1 aliphatic heterocycles. The number of piperidine rings is 1. The Bertz CT molecular complexity index is 1790. The van der Waals surface area contributed by atoms with E-state index in [0.29, 0.717) is 24.6 Å². The maximum absolute atomic E-state index is 15.1. The summed E-state index contributed by atoms with van der Waals surface area (Å²) in [4.78, 5) is 39.3. The SMILES string of the molecule is CCCCNC(=O)Cc1cccc(CN(C(=O)Oc2c(C)cc(C)cc2C)c2ccnc(Nc3ccc(OCCCN4CCCCC4)c(F)c3)n2)c1. The van der Waals surface area contributed by atoms with Gasteiger partial charge in [-0.05, 0) is 100.0 Å². The minimum Gasteiger partial charge on any atom is -0.490 e. The summed E-state index contributed by atoms with van der Waals surface area (Å²) in [6, 6.07) is 17.7. The van der Waals surface area contributed by atoms with Crippen LogP contribution >= 0.6 is 0 Å². The van der Waals surface area contributed by atoms with Crippen molar-refractivity contribution in [3.8, 4) is 11.5 Å². The molecule has 1 fully saturated rings. The number of anilines is 3. The van der Waals surface area contributed by atoms with Crippen molar-refractivity contribution in [3.63, 3.8) is 0 Å². The molecule has 0 aliphatic carbocycles. The van der Waals surface area contributed by atoms with Crippen LogP contribution in [0.3, 0.4) is 0 Å². The van der Waals surface area contributed by atoms with Crippen molar-refractivity contribution in [2.45, 2.75) is 79.2 Å². The Morgan fingerprint density at radius 3 is 2.46 bits per heavy atom. The number of ether oxygens (including phenoxy) is 2. The van der Waals surface area contributed by atoms with Gasteiger partial charge in [-0.3, -0.25) is 9.69 Å². The second-order valence-electron chi connectivity index (χ2n) is 13.5. The molecule has 2 heterocycles. The van der Waals surface area contributed by atoms with Crippen LogP contribution in [0, 0.1) is 26.6 Å². The van der Waals surface area contributed by atoms with Crippen molar-refractivity contribution in [1.29, 1.82) is 0 Å². The number of carbonyl (C=O) groups is 2. The fourth-order valence-electron chi connectivity index (χ4n) is 6.42. The summed E-state index contributed by atoms with van der Waals surface area (Å²) < 4.78 is 26.8. The van der Waals surface area contributed by atoms with Gasteiger partial charge in [0, 0.05) is 31.0 Å². The van der Waals surface area contributed by atoms with Crippen molar-refractivity contribution in [3.05, 3.63) is 100 Å². The zero-order valence-corrected chi connectivity index (χ0v) is 30.8. The van der Waals surface area contributed by atoms with Crippen LogP contribution in [0.1, 0.15) is 73.3 Å². The summed E-state index contributed by atoms with van der Waals surface area (Å²) in [6.45, 7) is 12.3. The van der Waals surface area contributed by atoms with Gasteiger partial charge in [-0.25, -0.2) is 14.2 Å². The van der Waals surface area contributed by atoms with E-state index in [1.54, 1.807) is 18.2 Å². The van der Waals surface area contributed by atoms with Gasteiger partial charge >= 0.3 is 6.09 Å². The van der Waals surface area contributed by atoms with E-state index < -0.39 is 11.9 Å². The van der Waals surface area contributed by atoms with Gasteiger partial charge in [0.25, 0.3) is 0 Å². The number of hydrogen-bond acceptors (Lipinski definition) is 8. The third-order valence-corrected chi connectivity index (χ3v) is 8.99. The normalized spacial score (nSPS) is 13.0. The number of hydrogen-bond donors (Lipinski definition) is 2. The molecule has 10 nitrogen and oxygen atoms in total. The lowest BCUT2D eigenvalue weighted by Crippen LogP contribution is -2.34. The highest BCUT2D eigenvalue weighted by Gasteiger charge is 2.23. The third-order valence-electron chi connectivity index (χ3n) is 8.99. The number of benzene rings is 3. The van der Waals surface area contributed by atoms with Gasteiger partial charge < -0.3 is 25.0 Å². The number of rotatable bonds is 16. The first-order valence-corrected chi connectivity index (χ1v) is 18.3. The molecule has 0 bridgehead atoms. The first-order valence-electron chi connectivity index (χ1n) is 18.3. The minimum absolute atomic E-state index is 0.0532. The van der Waals surface area contributed by atoms with Crippen LogP contribution in [0.4, 0.5) is 26.6 Å². The lowest BCUT2D eigenvalue weighted by molar-refractivity contribution is -0.120. The van der Waals surface area contributed by atoms with Crippen molar-refractivity contribution in [2.24, 2.45) is 0 Å². The Morgan fingerprint density at radius 1 is 0.942 bits per heavy atom. The minimum atomic E-state index is -0.629.